The van der Waals surface area contributed by atoms with E-state index in [4.69, 9.17) is 4.74 Å². The van der Waals surface area contributed by atoms with Gasteiger partial charge in [0.2, 0.25) is 0 Å². The van der Waals surface area contributed by atoms with Gasteiger partial charge in [0, 0.05) is 10.8 Å². The summed E-state index contributed by atoms with van der Waals surface area (Å²) in [7, 11) is 1.79. The van der Waals surface area contributed by atoms with Crippen molar-refractivity contribution in [2.45, 2.75) is 105 Å². The van der Waals surface area contributed by atoms with Gasteiger partial charge in [-0.3, -0.25) is 0 Å². The molecule has 2 fully saturated rings. The van der Waals surface area contributed by atoms with E-state index in [0.29, 0.717) is 17.6 Å². The second kappa shape index (κ2) is 9.53. The van der Waals surface area contributed by atoms with Crippen molar-refractivity contribution in [2.24, 2.45) is 28.6 Å². The minimum atomic E-state index is -0.0816. The second-order valence-corrected chi connectivity index (χ2v) is 15.6. The Morgan fingerprint density at radius 1 is 0.900 bits per heavy atom. The summed E-state index contributed by atoms with van der Waals surface area (Å²) in [6.07, 6.45) is 8.66. The van der Waals surface area contributed by atoms with Gasteiger partial charge in [-0.2, -0.15) is 0 Å². The summed E-state index contributed by atoms with van der Waals surface area (Å²) in [5.74, 6) is 3.96. The van der Waals surface area contributed by atoms with Crippen molar-refractivity contribution in [1.29, 1.82) is 0 Å². The number of phenolic OH excluding ortho intramolecular Hbond substituents is 1. The van der Waals surface area contributed by atoms with Gasteiger partial charge in [-0.05, 0) is 124 Å². The number of benzene rings is 3. The summed E-state index contributed by atoms with van der Waals surface area (Å²) >= 11 is 0. The van der Waals surface area contributed by atoms with E-state index in [0.717, 1.165) is 35.8 Å². The Morgan fingerprint density at radius 2 is 1.60 bits per heavy atom. The van der Waals surface area contributed by atoms with Crippen LogP contribution in [0.15, 0.2) is 42.5 Å². The van der Waals surface area contributed by atoms with Crippen LogP contribution in [0.1, 0.15) is 116 Å². The fraction of sp³-hybridized carbons (Fsp3) is 0.579. The van der Waals surface area contributed by atoms with Crippen LogP contribution >= 0.6 is 0 Å². The molecule has 3 aromatic carbocycles. The smallest absolute Gasteiger partial charge is 0.123 e. The SMILES string of the molecule is CCC1CC(C)CC(C(C)c2cc3c4c(cc(O)c3cc2OC)C2(CC(C)(C)CC(C)(C)C2)c2ccccc2-4)C1. The maximum atomic E-state index is 11.6. The van der Waals surface area contributed by atoms with Gasteiger partial charge in [-0.1, -0.05) is 79.2 Å². The highest BCUT2D eigenvalue weighted by Gasteiger charge is 2.53. The maximum Gasteiger partial charge on any atom is 0.123 e. The molecule has 3 aliphatic carbocycles. The molecule has 214 valence electrons. The zero-order chi connectivity index (χ0) is 28.6. The highest BCUT2D eigenvalue weighted by atomic mass is 16.5. The Balaban J connectivity index is 1.58. The maximum absolute atomic E-state index is 11.6. The summed E-state index contributed by atoms with van der Waals surface area (Å²) < 4.78 is 6.04. The molecule has 0 aromatic heterocycles. The van der Waals surface area contributed by atoms with Crippen molar-refractivity contribution in [3.8, 4) is 22.6 Å². The van der Waals surface area contributed by atoms with Gasteiger partial charge in [0.25, 0.3) is 0 Å². The van der Waals surface area contributed by atoms with E-state index in [2.05, 4.69) is 90.9 Å². The van der Waals surface area contributed by atoms with Crippen LogP contribution in [0.4, 0.5) is 0 Å². The largest absolute Gasteiger partial charge is 0.507 e. The molecule has 0 radical (unpaired) electrons. The number of fused-ring (bicyclic) bond motifs is 7. The third-order valence-corrected chi connectivity index (χ3v) is 11.1. The minimum absolute atomic E-state index is 0.0816. The molecule has 0 heterocycles. The third-order valence-electron chi connectivity index (χ3n) is 11.1. The number of ether oxygens (including phenoxy) is 1. The van der Waals surface area contributed by atoms with Gasteiger partial charge < -0.3 is 9.84 Å². The van der Waals surface area contributed by atoms with Crippen LogP contribution in [0, 0.1) is 28.6 Å². The normalized spacial score (nSPS) is 26.9. The summed E-state index contributed by atoms with van der Waals surface area (Å²) in [6, 6.07) is 15.8. The number of hydrogen-bond donors (Lipinski definition) is 1. The summed E-state index contributed by atoms with van der Waals surface area (Å²) in [5, 5.41) is 13.7. The molecule has 2 heteroatoms. The molecule has 4 atom stereocenters. The van der Waals surface area contributed by atoms with Gasteiger partial charge in [0.15, 0.2) is 0 Å². The van der Waals surface area contributed by atoms with Crippen molar-refractivity contribution >= 4 is 10.8 Å². The van der Waals surface area contributed by atoms with Gasteiger partial charge in [-0.15, -0.1) is 0 Å². The van der Waals surface area contributed by atoms with Gasteiger partial charge >= 0.3 is 0 Å². The zero-order valence-electron chi connectivity index (χ0n) is 26.2. The van der Waals surface area contributed by atoms with E-state index in [1.807, 2.05) is 0 Å². The van der Waals surface area contributed by atoms with Gasteiger partial charge in [-0.25, -0.2) is 0 Å². The Hall–Kier alpha value is -2.48. The third kappa shape index (κ3) is 4.36. The second-order valence-electron chi connectivity index (χ2n) is 15.6. The van der Waals surface area contributed by atoms with E-state index in [9.17, 15) is 5.11 Å². The van der Waals surface area contributed by atoms with E-state index < -0.39 is 0 Å². The van der Waals surface area contributed by atoms with Gasteiger partial charge in [0.05, 0.1) is 7.11 Å². The molecule has 3 aromatic rings. The summed E-state index contributed by atoms with van der Waals surface area (Å²) in [6.45, 7) is 17.0. The quantitative estimate of drug-likeness (QED) is 0.358. The molecular weight excluding hydrogens is 488 g/mol. The lowest BCUT2D eigenvalue weighted by molar-refractivity contribution is 0.0645. The van der Waals surface area contributed by atoms with Crippen molar-refractivity contribution in [2.75, 3.05) is 7.11 Å². The lowest BCUT2D eigenvalue weighted by atomic mass is 9.52. The highest BCUT2D eigenvalue weighted by molar-refractivity contribution is 6.06. The van der Waals surface area contributed by atoms with E-state index in [1.165, 1.54) is 65.3 Å². The first-order chi connectivity index (χ1) is 18.9. The molecule has 0 aliphatic heterocycles. The molecular formula is C38H50O2. The van der Waals surface area contributed by atoms with Crippen molar-refractivity contribution in [3.05, 3.63) is 59.2 Å². The first-order valence-electron chi connectivity index (χ1n) is 15.9. The number of phenols is 1. The Bertz CT molecular complexity index is 1430. The number of hydrogen-bond acceptors (Lipinski definition) is 2. The molecule has 0 amide bonds. The monoisotopic (exact) mass is 538 g/mol. The highest BCUT2D eigenvalue weighted by Crippen LogP contribution is 2.65. The molecule has 1 spiro atoms. The number of aromatic hydroxyl groups is 1. The summed E-state index contributed by atoms with van der Waals surface area (Å²) in [5.41, 5.74) is 7.15. The fourth-order valence-corrected chi connectivity index (χ4v) is 10.2. The van der Waals surface area contributed by atoms with E-state index >= 15 is 0 Å². The molecule has 1 N–H and O–H groups in total. The predicted molar refractivity (Wildman–Crippen MR) is 168 cm³/mol. The van der Waals surface area contributed by atoms with Crippen LogP contribution in [0.3, 0.4) is 0 Å². The average molecular weight is 539 g/mol. The van der Waals surface area contributed by atoms with Crippen LogP contribution in [-0.2, 0) is 5.41 Å². The van der Waals surface area contributed by atoms with Crippen molar-refractivity contribution in [1.82, 2.24) is 0 Å². The zero-order valence-corrected chi connectivity index (χ0v) is 26.2. The van der Waals surface area contributed by atoms with Crippen LogP contribution in [0.5, 0.6) is 11.5 Å². The topological polar surface area (TPSA) is 29.5 Å². The molecule has 2 nitrogen and oxygen atoms in total. The molecule has 40 heavy (non-hydrogen) atoms. The van der Waals surface area contributed by atoms with Crippen LogP contribution in [-0.4, -0.2) is 12.2 Å². The first-order valence-corrected chi connectivity index (χ1v) is 15.9. The Labute approximate surface area is 242 Å². The predicted octanol–water partition coefficient (Wildman–Crippen LogP) is 10.6. The standard InChI is InChI=1S/C38H50O2/c1-9-25-14-23(2)15-26(16-25)24(3)28-17-30-29(18-34(28)40-8)33(39)19-32-35(30)27-12-10-11-13-31(27)38(32)21-36(4,5)20-37(6,7)22-38/h10-13,17-19,23-26,39H,9,14-16,20-22H2,1-8H3. The summed E-state index contributed by atoms with van der Waals surface area (Å²) in [4.78, 5) is 0. The van der Waals surface area contributed by atoms with Crippen LogP contribution < -0.4 is 4.74 Å². The van der Waals surface area contributed by atoms with Crippen LogP contribution in [0.25, 0.3) is 21.9 Å². The molecule has 2 saturated carbocycles. The van der Waals surface area contributed by atoms with Gasteiger partial charge in [0.1, 0.15) is 11.5 Å². The van der Waals surface area contributed by atoms with E-state index in [-0.39, 0.29) is 16.2 Å². The first kappa shape index (κ1) is 27.7. The molecule has 6 rings (SSSR count). The molecule has 0 bridgehead atoms. The fourth-order valence-electron chi connectivity index (χ4n) is 10.2. The molecule has 4 unspecified atom stereocenters. The van der Waals surface area contributed by atoms with Crippen LogP contribution in [0.2, 0.25) is 0 Å². The average Bonchev–Trinajstić information content (AvgIpc) is 3.13. The van der Waals surface area contributed by atoms with E-state index in [1.54, 1.807) is 7.11 Å². The molecule has 0 saturated heterocycles. The molecule has 3 aliphatic rings. The lowest BCUT2D eigenvalue weighted by Crippen LogP contribution is -2.43. The number of methoxy groups -OCH3 is 1. The van der Waals surface area contributed by atoms with Crippen molar-refractivity contribution in [3.63, 3.8) is 0 Å². The van der Waals surface area contributed by atoms with Crippen molar-refractivity contribution < 1.29 is 9.84 Å². The lowest BCUT2D eigenvalue weighted by Gasteiger charge is -2.51. The number of rotatable bonds is 4. The Kier molecular flexibility index (Phi) is 6.60. The Morgan fingerprint density at radius 3 is 2.27 bits per heavy atom. The minimum Gasteiger partial charge on any atom is -0.507 e.